The second-order valence-electron chi connectivity index (χ2n) is 9.66. The Morgan fingerprint density at radius 3 is 2.72 bits per heavy atom. The van der Waals surface area contributed by atoms with Gasteiger partial charge in [-0.2, -0.15) is 8.42 Å². The van der Waals surface area contributed by atoms with E-state index in [0.29, 0.717) is 36.6 Å². The van der Waals surface area contributed by atoms with Gasteiger partial charge in [-0.25, -0.2) is 19.1 Å². The summed E-state index contributed by atoms with van der Waals surface area (Å²) in [4.78, 5) is 21.4. The molecule has 2 aromatic heterocycles. The zero-order valence-corrected chi connectivity index (χ0v) is 22.7. The fraction of sp³-hybridized carbons (Fsp3) is 0.393. The molecule has 0 saturated carbocycles. The van der Waals surface area contributed by atoms with Gasteiger partial charge in [-0.15, -0.1) is 0 Å². The Labute approximate surface area is 227 Å². The molecule has 0 bridgehead atoms. The van der Waals surface area contributed by atoms with Gasteiger partial charge >= 0.3 is 0 Å². The van der Waals surface area contributed by atoms with Crippen LogP contribution >= 0.6 is 0 Å². The van der Waals surface area contributed by atoms with E-state index in [9.17, 15) is 17.6 Å². The van der Waals surface area contributed by atoms with Crippen LogP contribution < -0.4 is 14.2 Å². The summed E-state index contributed by atoms with van der Waals surface area (Å²) in [5.74, 6) is -0.910. The minimum Gasteiger partial charge on any atom is -0.493 e. The number of sulfonamides is 1. The van der Waals surface area contributed by atoms with Crippen LogP contribution in [0.25, 0.3) is 11.3 Å². The molecule has 1 fully saturated rings. The number of nitrogens with one attached hydrogen (secondary N) is 1. The maximum Gasteiger partial charge on any atom is 0.281 e. The molecular weight excluding hydrogens is 525 g/mol. The van der Waals surface area contributed by atoms with E-state index in [2.05, 4.69) is 9.97 Å². The quantitative estimate of drug-likeness (QED) is 0.358. The van der Waals surface area contributed by atoms with Gasteiger partial charge in [-0.05, 0) is 61.6 Å². The molecule has 4 rings (SSSR count). The Kier molecular flexibility index (Phi) is 9.47. The predicted molar refractivity (Wildman–Crippen MR) is 143 cm³/mol. The molecule has 0 radical (unpaired) electrons. The van der Waals surface area contributed by atoms with E-state index in [0.717, 1.165) is 19.3 Å². The Morgan fingerprint density at radius 1 is 1.15 bits per heavy atom. The molecule has 39 heavy (non-hydrogen) atoms. The van der Waals surface area contributed by atoms with Gasteiger partial charge in [0, 0.05) is 30.9 Å². The number of hydrogen-bond acceptors (Lipinski definition) is 8. The maximum atomic E-state index is 14.4. The van der Waals surface area contributed by atoms with Crippen LogP contribution in [0.4, 0.5) is 4.39 Å². The van der Waals surface area contributed by atoms with Gasteiger partial charge in [0.25, 0.3) is 15.9 Å². The van der Waals surface area contributed by atoms with E-state index < -0.39 is 21.7 Å². The first-order chi connectivity index (χ1) is 18.7. The van der Waals surface area contributed by atoms with Crippen LogP contribution in [0.5, 0.6) is 11.6 Å². The highest BCUT2D eigenvalue weighted by molar-refractivity contribution is 7.90. The number of hydrogen-bond donors (Lipinski definition) is 1. The van der Waals surface area contributed by atoms with Gasteiger partial charge in [0.05, 0.1) is 25.0 Å². The molecule has 0 aliphatic carbocycles. The van der Waals surface area contributed by atoms with Crippen molar-refractivity contribution in [3.05, 3.63) is 66.1 Å². The van der Waals surface area contributed by atoms with Crippen molar-refractivity contribution >= 4 is 15.9 Å². The van der Waals surface area contributed by atoms with E-state index in [4.69, 9.17) is 14.2 Å². The van der Waals surface area contributed by atoms with Crippen LogP contribution in [0.2, 0.25) is 0 Å². The molecule has 1 amide bonds. The minimum absolute atomic E-state index is 0.0348. The van der Waals surface area contributed by atoms with Gasteiger partial charge in [0.1, 0.15) is 17.1 Å². The first-order valence-corrected chi connectivity index (χ1v) is 14.4. The minimum atomic E-state index is -4.23. The average Bonchev–Trinajstić information content (AvgIpc) is 2.92. The highest BCUT2D eigenvalue weighted by atomic mass is 32.2. The molecule has 3 heterocycles. The molecule has 0 spiro atoms. The summed E-state index contributed by atoms with van der Waals surface area (Å²) >= 11 is 0. The number of nitrogens with zero attached hydrogens (tertiary/aromatic N) is 2. The lowest BCUT2D eigenvalue weighted by Crippen LogP contribution is -2.31. The number of rotatable bonds is 11. The molecule has 9 nitrogen and oxygen atoms in total. The van der Waals surface area contributed by atoms with Crippen molar-refractivity contribution in [2.24, 2.45) is 5.92 Å². The van der Waals surface area contributed by atoms with E-state index in [-0.39, 0.29) is 35.1 Å². The van der Waals surface area contributed by atoms with Crippen molar-refractivity contribution < 1.29 is 31.8 Å². The molecule has 1 saturated heterocycles. The standard InChI is InChI=1S/C28H32FN3O6S/c1-19(2)18-38-23-16-20(15-21(29)17-23)25-10-9-24(27(33)32-39(34,35)26-8-3-5-12-30-26)28(31-25)37-14-11-22-7-4-6-13-36-22/h3,5,8-10,12,15-17,19,22H,4,6-7,11,13-14,18H2,1-2H3,(H,32,33). The monoisotopic (exact) mass is 557 g/mol. The summed E-state index contributed by atoms with van der Waals surface area (Å²) in [7, 11) is -4.23. The summed E-state index contributed by atoms with van der Waals surface area (Å²) in [5, 5.41) is -0.298. The number of halogens is 1. The molecule has 1 atom stereocenters. The highest BCUT2D eigenvalue weighted by Crippen LogP contribution is 2.28. The molecular formula is C28H32FN3O6S. The largest absolute Gasteiger partial charge is 0.493 e. The van der Waals surface area contributed by atoms with Crippen LogP contribution in [0.3, 0.4) is 0 Å². The first-order valence-electron chi connectivity index (χ1n) is 12.9. The summed E-state index contributed by atoms with van der Waals surface area (Å²) < 4.78 is 59.1. The number of pyridine rings is 2. The third-order valence-corrected chi connectivity index (χ3v) is 7.19. The zero-order valence-electron chi connectivity index (χ0n) is 21.9. The topological polar surface area (TPSA) is 117 Å². The van der Waals surface area contributed by atoms with E-state index >= 15 is 0 Å². The fourth-order valence-corrected chi connectivity index (χ4v) is 4.91. The smallest absolute Gasteiger partial charge is 0.281 e. The van der Waals surface area contributed by atoms with Crippen molar-refractivity contribution in [3.63, 3.8) is 0 Å². The SMILES string of the molecule is CC(C)COc1cc(F)cc(-c2ccc(C(=O)NS(=O)(=O)c3ccccn3)c(OCCC3CCCCO3)n2)c1. The van der Waals surface area contributed by atoms with E-state index in [1.54, 1.807) is 12.1 Å². The Balaban J connectivity index is 1.61. The van der Waals surface area contributed by atoms with E-state index in [1.807, 2.05) is 18.6 Å². The van der Waals surface area contributed by atoms with Gasteiger partial charge in [-0.3, -0.25) is 4.79 Å². The molecule has 1 aliphatic heterocycles. The van der Waals surface area contributed by atoms with Crippen molar-refractivity contribution in [2.75, 3.05) is 19.8 Å². The van der Waals surface area contributed by atoms with Crippen LogP contribution in [0, 0.1) is 11.7 Å². The van der Waals surface area contributed by atoms with Crippen molar-refractivity contribution in [1.82, 2.24) is 14.7 Å². The zero-order chi connectivity index (χ0) is 27.8. The molecule has 3 aromatic rings. The Morgan fingerprint density at radius 2 is 2.00 bits per heavy atom. The maximum absolute atomic E-state index is 14.4. The molecule has 208 valence electrons. The lowest BCUT2D eigenvalue weighted by molar-refractivity contribution is 0.00375. The number of carbonyl (C=O) groups is 1. The molecule has 1 aromatic carbocycles. The predicted octanol–water partition coefficient (Wildman–Crippen LogP) is 4.77. The van der Waals surface area contributed by atoms with Crippen molar-refractivity contribution in [3.8, 4) is 22.9 Å². The third-order valence-electron chi connectivity index (χ3n) is 5.95. The Hall–Kier alpha value is -3.57. The van der Waals surface area contributed by atoms with Crippen LogP contribution in [0.1, 0.15) is 49.9 Å². The lowest BCUT2D eigenvalue weighted by Gasteiger charge is -2.22. The van der Waals surface area contributed by atoms with Gasteiger partial charge < -0.3 is 14.2 Å². The van der Waals surface area contributed by atoms with E-state index in [1.165, 1.54) is 42.6 Å². The third kappa shape index (κ3) is 7.96. The molecule has 1 N–H and O–H groups in total. The molecule has 1 unspecified atom stereocenters. The second kappa shape index (κ2) is 13.0. The summed E-state index contributed by atoms with van der Waals surface area (Å²) in [6.45, 7) is 5.28. The highest BCUT2D eigenvalue weighted by Gasteiger charge is 2.24. The number of ether oxygens (including phenoxy) is 3. The van der Waals surface area contributed by atoms with Gasteiger partial charge in [0.15, 0.2) is 5.03 Å². The molecule has 11 heteroatoms. The van der Waals surface area contributed by atoms with Gasteiger partial charge in [0.2, 0.25) is 5.88 Å². The number of amides is 1. The number of benzene rings is 1. The van der Waals surface area contributed by atoms with Crippen molar-refractivity contribution in [1.29, 1.82) is 0 Å². The fourth-order valence-electron chi connectivity index (χ4n) is 4.00. The summed E-state index contributed by atoms with van der Waals surface area (Å²) in [5.41, 5.74) is 0.662. The normalized spacial score (nSPS) is 15.6. The second-order valence-corrected chi connectivity index (χ2v) is 11.3. The van der Waals surface area contributed by atoms with Crippen LogP contribution in [0.15, 0.2) is 59.8 Å². The average molecular weight is 558 g/mol. The number of carbonyl (C=O) groups excluding carboxylic acids is 1. The summed E-state index contributed by atoms with van der Waals surface area (Å²) in [6.07, 6.45) is 4.93. The molecule has 1 aliphatic rings. The number of aromatic nitrogens is 2. The summed E-state index contributed by atoms with van der Waals surface area (Å²) in [6, 6.07) is 11.5. The van der Waals surface area contributed by atoms with Crippen LogP contribution in [-0.4, -0.2) is 50.2 Å². The van der Waals surface area contributed by atoms with Crippen molar-refractivity contribution in [2.45, 2.75) is 50.7 Å². The lowest BCUT2D eigenvalue weighted by atomic mass is 10.1. The van der Waals surface area contributed by atoms with Crippen LogP contribution in [-0.2, 0) is 14.8 Å². The van der Waals surface area contributed by atoms with Gasteiger partial charge in [-0.1, -0.05) is 19.9 Å². The Bertz CT molecular complexity index is 1380. The first kappa shape index (κ1) is 28.4.